The molecule has 2 aromatic rings. The quantitative estimate of drug-likeness (QED) is 0.650. The van der Waals surface area contributed by atoms with Gasteiger partial charge in [0.1, 0.15) is 0 Å². The highest BCUT2D eigenvalue weighted by atomic mass is 32.2. The van der Waals surface area contributed by atoms with Gasteiger partial charge in [-0.3, -0.25) is 9.36 Å². The van der Waals surface area contributed by atoms with Crippen molar-refractivity contribution < 1.29 is 19.1 Å². The molecule has 1 heterocycles. The van der Waals surface area contributed by atoms with Gasteiger partial charge >= 0.3 is 7.60 Å². The highest BCUT2D eigenvalue weighted by Crippen LogP contribution is 2.41. The fourth-order valence-electron chi connectivity index (χ4n) is 1.68. The van der Waals surface area contributed by atoms with E-state index >= 15 is 0 Å². The molecule has 0 bridgehead atoms. The molecule has 0 amide bonds. The van der Waals surface area contributed by atoms with E-state index in [1.807, 2.05) is 30.5 Å². The fraction of sp³-hybridized carbons (Fsp3) is 0.154. The summed E-state index contributed by atoms with van der Waals surface area (Å²) in [6, 6.07) is 11.3. The van der Waals surface area contributed by atoms with Gasteiger partial charge in [0.2, 0.25) is 0 Å². The van der Waals surface area contributed by atoms with Crippen LogP contribution in [0.1, 0.15) is 20.1 Å². The van der Waals surface area contributed by atoms with Gasteiger partial charge in [-0.05, 0) is 36.1 Å². The first-order valence-electron chi connectivity index (χ1n) is 5.72. The van der Waals surface area contributed by atoms with Crippen LogP contribution in [0.15, 0.2) is 41.3 Å². The molecule has 0 unspecified atom stereocenters. The lowest BCUT2D eigenvalue weighted by Gasteiger charge is -2.01. The molecule has 4 nitrogen and oxygen atoms in total. The van der Waals surface area contributed by atoms with E-state index in [1.165, 1.54) is 11.0 Å². The molecule has 0 saturated heterocycles. The number of benzene rings is 1. The molecule has 1 aromatic heterocycles. The summed E-state index contributed by atoms with van der Waals surface area (Å²) < 4.78 is 10.9. The summed E-state index contributed by atoms with van der Waals surface area (Å²) in [5.74, 6) is 0. The predicted molar refractivity (Wildman–Crippen MR) is 81.7 cm³/mol. The maximum Gasteiger partial charge on any atom is 0.397 e. The molecule has 7 heteroatoms. The van der Waals surface area contributed by atoms with E-state index in [0.717, 1.165) is 21.8 Å². The summed E-state index contributed by atoms with van der Waals surface area (Å²) in [4.78, 5) is 31.4. The van der Waals surface area contributed by atoms with Crippen LogP contribution in [0.4, 0.5) is 0 Å². The van der Waals surface area contributed by atoms with E-state index in [4.69, 9.17) is 9.79 Å². The van der Waals surface area contributed by atoms with Crippen LogP contribution < -0.4 is 0 Å². The first-order valence-corrected chi connectivity index (χ1v) is 9.37. The van der Waals surface area contributed by atoms with Gasteiger partial charge in [0.15, 0.2) is 0 Å². The highest BCUT2D eigenvalue weighted by molar-refractivity contribution is 7.98. The lowest BCUT2D eigenvalue weighted by Crippen LogP contribution is -1.96. The monoisotopic (exact) mass is 328 g/mol. The Morgan fingerprint density at radius 2 is 1.85 bits per heavy atom. The van der Waals surface area contributed by atoms with Crippen LogP contribution in [0.5, 0.6) is 0 Å². The van der Waals surface area contributed by atoms with Crippen molar-refractivity contribution in [3.8, 4) is 0 Å². The average Bonchev–Trinajstić information content (AvgIpc) is 2.86. The van der Waals surface area contributed by atoms with Gasteiger partial charge in [0.05, 0.1) is 4.88 Å². The predicted octanol–water partition coefficient (Wildman–Crippen LogP) is 3.38. The average molecular weight is 328 g/mol. The minimum atomic E-state index is -4.69. The molecule has 0 atom stereocenters. The van der Waals surface area contributed by atoms with Crippen molar-refractivity contribution in [3.05, 3.63) is 51.7 Å². The van der Waals surface area contributed by atoms with Gasteiger partial charge in [-0.25, -0.2) is 0 Å². The number of carbonyl (C=O) groups is 1. The molecular weight excluding hydrogens is 315 g/mol. The van der Waals surface area contributed by atoms with Crippen LogP contribution in [0.25, 0.3) is 0 Å². The van der Waals surface area contributed by atoms with Crippen LogP contribution in [0.3, 0.4) is 0 Å². The second-order valence-electron chi connectivity index (χ2n) is 4.14. The number of carbonyl (C=O) groups excluding carboxylic acids is 1. The molecule has 20 heavy (non-hydrogen) atoms. The molecule has 0 aliphatic carbocycles. The number of rotatable bonds is 5. The molecule has 1 aromatic carbocycles. The number of thiophene rings is 1. The Balaban J connectivity index is 2.13. The van der Waals surface area contributed by atoms with Crippen molar-refractivity contribution in [2.24, 2.45) is 0 Å². The van der Waals surface area contributed by atoms with Gasteiger partial charge < -0.3 is 9.79 Å². The zero-order chi connectivity index (χ0) is 14.8. The van der Waals surface area contributed by atoms with Crippen LogP contribution in [0.2, 0.25) is 0 Å². The van der Waals surface area contributed by atoms with Crippen LogP contribution in [-0.4, -0.2) is 21.6 Å². The van der Waals surface area contributed by atoms with Gasteiger partial charge in [0.25, 0.3) is 5.52 Å². The molecule has 0 fully saturated rings. The lowest BCUT2D eigenvalue weighted by atomic mass is 10.1. The molecule has 2 rings (SSSR count). The molecule has 0 radical (unpaired) electrons. The van der Waals surface area contributed by atoms with E-state index in [1.54, 1.807) is 17.8 Å². The van der Waals surface area contributed by atoms with E-state index < -0.39 is 13.1 Å². The molecule has 0 aliphatic rings. The summed E-state index contributed by atoms with van der Waals surface area (Å²) in [5, 5.41) is 0. The van der Waals surface area contributed by atoms with E-state index in [2.05, 4.69) is 0 Å². The van der Waals surface area contributed by atoms with Crippen molar-refractivity contribution in [1.82, 2.24) is 0 Å². The van der Waals surface area contributed by atoms with E-state index in [9.17, 15) is 9.36 Å². The summed E-state index contributed by atoms with van der Waals surface area (Å²) in [5.41, 5.74) is -0.00805. The fourth-order valence-corrected chi connectivity index (χ4v) is 3.82. The summed E-state index contributed by atoms with van der Waals surface area (Å²) in [6.45, 7) is 0. The summed E-state index contributed by atoms with van der Waals surface area (Å²) in [6.07, 6.45) is 2.65. The Morgan fingerprint density at radius 3 is 2.40 bits per heavy atom. The second-order valence-corrected chi connectivity index (χ2v) is 7.68. The van der Waals surface area contributed by atoms with E-state index in [0.29, 0.717) is 6.42 Å². The minimum absolute atomic E-state index is 0.106. The highest BCUT2D eigenvalue weighted by Gasteiger charge is 2.28. The minimum Gasteiger partial charge on any atom is -0.319 e. The Morgan fingerprint density at radius 1 is 1.20 bits per heavy atom. The molecular formula is C13H13O4PS2. The maximum atomic E-state index is 11.5. The summed E-state index contributed by atoms with van der Waals surface area (Å²) in [7, 11) is -4.69. The van der Waals surface area contributed by atoms with Crippen LogP contribution in [0, 0.1) is 0 Å². The topological polar surface area (TPSA) is 74.6 Å². The first kappa shape index (κ1) is 15.5. The van der Waals surface area contributed by atoms with Crippen molar-refractivity contribution in [1.29, 1.82) is 0 Å². The zero-order valence-electron chi connectivity index (χ0n) is 10.6. The van der Waals surface area contributed by atoms with Gasteiger partial charge in [-0.1, -0.05) is 12.1 Å². The van der Waals surface area contributed by atoms with Crippen molar-refractivity contribution in [2.75, 3.05) is 6.26 Å². The number of thioether (sulfide) groups is 1. The Labute approximate surface area is 125 Å². The molecule has 0 spiro atoms. The third-order valence-electron chi connectivity index (χ3n) is 2.67. The van der Waals surface area contributed by atoms with Gasteiger partial charge in [0, 0.05) is 16.2 Å². The first-order chi connectivity index (χ1) is 9.40. The zero-order valence-corrected chi connectivity index (χ0v) is 13.2. The lowest BCUT2D eigenvalue weighted by molar-refractivity contribution is 0.104. The number of hydrogen-bond acceptors (Lipinski definition) is 4. The standard InChI is InChI=1S/C13H13O4PS2/c1-19-10-4-2-9(3-5-10)8-11-6-7-12(20-11)13(14)18(15,16)17/h2-7H,8H2,1H3,(H2,15,16,17). The van der Waals surface area contributed by atoms with Crippen LogP contribution in [-0.2, 0) is 11.0 Å². The third-order valence-corrected chi connectivity index (χ3v) is 5.42. The smallest absolute Gasteiger partial charge is 0.319 e. The largest absolute Gasteiger partial charge is 0.397 e. The molecule has 0 saturated carbocycles. The second kappa shape index (κ2) is 6.24. The molecule has 106 valence electrons. The van der Waals surface area contributed by atoms with Crippen LogP contribution >= 0.6 is 30.7 Å². The third kappa shape index (κ3) is 3.81. The number of hydrogen-bond donors (Lipinski definition) is 2. The Hall–Kier alpha value is -0.910. The molecule has 0 aliphatic heterocycles. The van der Waals surface area contributed by atoms with Crippen molar-refractivity contribution >= 4 is 36.2 Å². The summed E-state index contributed by atoms with van der Waals surface area (Å²) >= 11 is 2.79. The van der Waals surface area contributed by atoms with E-state index in [-0.39, 0.29) is 4.88 Å². The van der Waals surface area contributed by atoms with Gasteiger partial charge in [-0.15, -0.1) is 23.1 Å². The van der Waals surface area contributed by atoms with Gasteiger partial charge in [-0.2, -0.15) is 0 Å². The Kier molecular flexibility index (Phi) is 4.83. The van der Waals surface area contributed by atoms with Crippen molar-refractivity contribution in [2.45, 2.75) is 11.3 Å². The normalized spacial score (nSPS) is 11.6. The SMILES string of the molecule is CSc1ccc(Cc2ccc(C(=O)P(=O)(O)O)s2)cc1. The molecule has 2 N–H and O–H groups in total. The van der Waals surface area contributed by atoms with Crippen molar-refractivity contribution in [3.63, 3.8) is 0 Å². The maximum absolute atomic E-state index is 11.5. The Bertz CT molecular complexity index is 657.